The highest BCUT2D eigenvalue weighted by atomic mass is 79.9. The first kappa shape index (κ1) is 28.3. The van der Waals surface area contributed by atoms with Crippen molar-refractivity contribution in [3.63, 3.8) is 0 Å². The number of nitrogens with zero attached hydrogens (tertiary/aromatic N) is 4. The Morgan fingerprint density at radius 1 is 1.00 bits per heavy atom. The number of methoxy groups -OCH3 is 3. The van der Waals surface area contributed by atoms with Gasteiger partial charge in [0.1, 0.15) is 5.60 Å². The van der Waals surface area contributed by atoms with E-state index in [0.717, 1.165) is 15.4 Å². The van der Waals surface area contributed by atoms with Gasteiger partial charge in [0.2, 0.25) is 5.88 Å². The van der Waals surface area contributed by atoms with Gasteiger partial charge in [-0.3, -0.25) is 0 Å². The predicted molar refractivity (Wildman–Crippen MR) is 153 cm³/mol. The van der Waals surface area contributed by atoms with Crippen LogP contribution in [0.25, 0.3) is 10.9 Å². The van der Waals surface area contributed by atoms with E-state index in [1.807, 2.05) is 55.4 Å². The van der Waals surface area contributed by atoms with Crippen LogP contribution in [0.1, 0.15) is 34.6 Å². The van der Waals surface area contributed by atoms with Crippen LogP contribution in [-0.4, -0.2) is 61.9 Å². The average Bonchev–Trinajstić information content (AvgIpc) is 2.95. The molecule has 0 radical (unpaired) electrons. The summed E-state index contributed by atoms with van der Waals surface area (Å²) in [6.45, 7) is 0.559. The van der Waals surface area contributed by atoms with Crippen LogP contribution in [0.3, 0.4) is 0 Å². The Kier molecular flexibility index (Phi) is 8.70. The van der Waals surface area contributed by atoms with Crippen molar-refractivity contribution < 1.29 is 19.3 Å². The first-order valence-electron chi connectivity index (χ1n) is 12.3. The van der Waals surface area contributed by atoms with E-state index < -0.39 is 11.5 Å². The molecule has 2 aromatic carbocycles. The van der Waals surface area contributed by atoms with Crippen LogP contribution in [-0.2, 0) is 5.60 Å². The van der Waals surface area contributed by atoms with Gasteiger partial charge in [0.25, 0.3) is 5.88 Å². The van der Waals surface area contributed by atoms with Gasteiger partial charge < -0.3 is 24.2 Å². The number of benzene rings is 2. The molecule has 4 aromatic rings. The maximum absolute atomic E-state index is 12.9. The minimum absolute atomic E-state index is 0.288. The summed E-state index contributed by atoms with van der Waals surface area (Å²) in [6.07, 6.45) is 1.95. The van der Waals surface area contributed by atoms with Crippen molar-refractivity contribution in [2.75, 3.05) is 42.0 Å². The van der Waals surface area contributed by atoms with Crippen LogP contribution < -0.4 is 14.2 Å². The van der Waals surface area contributed by atoms with Gasteiger partial charge in [0, 0.05) is 33.7 Å². The quantitative estimate of drug-likeness (QED) is 0.267. The molecule has 8 nitrogen and oxygen atoms in total. The van der Waals surface area contributed by atoms with Crippen molar-refractivity contribution >= 4 is 26.8 Å². The van der Waals surface area contributed by atoms with Crippen molar-refractivity contribution in [2.45, 2.75) is 17.9 Å². The molecule has 0 aliphatic carbocycles. The average molecular weight is 592 g/mol. The van der Waals surface area contributed by atoms with Crippen molar-refractivity contribution in [1.29, 1.82) is 5.26 Å². The molecule has 4 rings (SSSR count). The smallest absolute Gasteiger partial charge is 0.257 e. The fourth-order valence-corrected chi connectivity index (χ4v) is 5.31. The summed E-state index contributed by atoms with van der Waals surface area (Å²) in [5, 5.41) is 23.4. The lowest BCUT2D eigenvalue weighted by Gasteiger charge is -2.39. The molecule has 0 unspecified atom stereocenters. The van der Waals surface area contributed by atoms with Crippen molar-refractivity contribution in [3.05, 3.63) is 87.5 Å². The Morgan fingerprint density at radius 3 is 2.44 bits per heavy atom. The molecule has 39 heavy (non-hydrogen) atoms. The van der Waals surface area contributed by atoms with Crippen LogP contribution in [0.2, 0.25) is 0 Å². The number of hydrogen-bond acceptors (Lipinski definition) is 8. The first-order valence-corrected chi connectivity index (χ1v) is 13.1. The molecule has 0 aliphatic heterocycles. The zero-order valence-corrected chi connectivity index (χ0v) is 24.2. The van der Waals surface area contributed by atoms with Crippen LogP contribution >= 0.6 is 15.9 Å². The third kappa shape index (κ3) is 5.69. The van der Waals surface area contributed by atoms with Gasteiger partial charge in [-0.15, -0.1) is 0 Å². The number of halogens is 1. The van der Waals surface area contributed by atoms with Gasteiger partial charge in [0.05, 0.1) is 44.4 Å². The number of pyridine rings is 2. The lowest BCUT2D eigenvalue weighted by molar-refractivity contribution is 0.00310. The van der Waals surface area contributed by atoms with E-state index in [4.69, 9.17) is 19.2 Å². The zero-order chi connectivity index (χ0) is 28.2. The summed E-state index contributed by atoms with van der Waals surface area (Å²) in [5.41, 5.74) is 1.55. The maximum Gasteiger partial charge on any atom is 0.257 e. The molecule has 0 saturated carbocycles. The molecule has 2 atom stereocenters. The van der Waals surface area contributed by atoms with Gasteiger partial charge in [-0.25, -0.2) is 9.97 Å². The van der Waals surface area contributed by atoms with Gasteiger partial charge in [-0.2, -0.15) is 5.26 Å². The third-order valence-electron chi connectivity index (χ3n) is 6.79. The van der Waals surface area contributed by atoms with E-state index in [1.54, 1.807) is 38.6 Å². The van der Waals surface area contributed by atoms with E-state index in [0.29, 0.717) is 46.8 Å². The van der Waals surface area contributed by atoms with E-state index in [-0.39, 0.29) is 5.88 Å². The number of aromatic nitrogens is 2. The molecule has 9 heteroatoms. The highest BCUT2D eigenvalue weighted by Crippen LogP contribution is 2.51. The lowest BCUT2D eigenvalue weighted by atomic mass is 9.71. The Balaban J connectivity index is 2.13. The van der Waals surface area contributed by atoms with Crippen molar-refractivity contribution in [1.82, 2.24) is 14.9 Å². The number of fused-ring (bicyclic) bond motifs is 1. The van der Waals surface area contributed by atoms with Crippen LogP contribution in [0, 0.1) is 11.3 Å². The normalized spacial score (nSPS) is 13.5. The Labute approximate surface area is 236 Å². The van der Waals surface area contributed by atoms with Gasteiger partial charge in [-0.1, -0.05) is 28.1 Å². The Bertz CT molecular complexity index is 1520. The highest BCUT2D eigenvalue weighted by Gasteiger charge is 2.44. The number of rotatable bonds is 10. The zero-order valence-electron chi connectivity index (χ0n) is 22.6. The van der Waals surface area contributed by atoms with Gasteiger partial charge in [0.15, 0.2) is 5.75 Å². The molecule has 0 aliphatic rings. The number of ether oxygens (including phenoxy) is 3. The summed E-state index contributed by atoms with van der Waals surface area (Å²) in [4.78, 5) is 11.2. The largest absolute Gasteiger partial charge is 0.491 e. The van der Waals surface area contributed by atoms with Crippen molar-refractivity contribution in [2.24, 2.45) is 0 Å². The second-order valence-electron chi connectivity index (χ2n) is 9.47. The minimum Gasteiger partial charge on any atom is -0.491 e. The Morgan fingerprint density at radius 2 is 1.77 bits per heavy atom. The molecule has 0 fully saturated rings. The van der Waals surface area contributed by atoms with E-state index >= 15 is 0 Å². The lowest BCUT2D eigenvalue weighted by Crippen LogP contribution is -2.38. The van der Waals surface area contributed by atoms with E-state index in [9.17, 15) is 10.4 Å². The minimum atomic E-state index is -1.52. The molecule has 0 amide bonds. The first-order chi connectivity index (χ1) is 18.7. The molecule has 202 valence electrons. The fraction of sp³-hybridized carbons (Fsp3) is 0.300. The summed E-state index contributed by atoms with van der Waals surface area (Å²) in [7, 11) is 8.53. The Hall–Kier alpha value is -3.71. The summed E-state index contributed by atoms with van der Waals surface area (Å²) in [6, 6.07) is 18.9. The third-order valence-corrected chi connectivity index (χ3v) is 7.29. The van der Waals surface area contributed by atoms with Crippen LogP contribution in [0.15, 0.2) is 65.3 Å². The molecular formula is C30H31BrN4O4. The van der Waals surface area contributed by atoms with Gasteiger partial charge >= 0.3 is 0 Å². The number of nitriles is 1. The summed E-state index contributed by atoms with van der Waals surface area (Å²) in [5.74, 6) is 0.300. The number of aliphatic hydroxyl groups is 1. The second-order valence-corrected chi connectivity index (χ2v) is 10.4. The van der Waals surface area contributed by atoms with Gasteiger partial charge in [-0.05, 0) is 68.5 Å². The van der Waals surface area contributed by atoms with Crippen LogP contribution in [0.5, 0.6) is 17.5 Å². The number of hydrogen-bond donors (Lipinski definition) is 1. The molecule has 0 bridgehead atoms. The van der Waals surface area contributed by atoms with Crippen molar-refractivity contribution in [3.8, 4) is 23.6 Å². The molecule has 2 heterocycles. The second kappa shape index (κ2) is 12.0. The topological polar surface area (TPSA) is 101 Å². The monoisotopic (exact) mass is 590 g/mol. The summed E-state index contributed by atoms with van der Waals surface area (Å²) >= 11 is 3.56. The summed E-state index contributed by atoms with van der Waals surface area (Å²) < 4.78 is 18.1. The fourth-order valence-electron chi connectivity index (χ4n) is 4.93. The molecular weight excluding hydrogens is 560 g/mol. The molecule has 0 saturated heterocycles. The maximum atomic E-state index is 12.9. The van der Waals surface area contributed by atoms with Crippen LogP contribution in [0.4, 0.5) is 0 Å². The SMILES string of the molecule is COc1nc2ccc(Br)cc2cc1[C@@H](c1ccnc(OC)c1OC)[C@@](O)(CCN(C)C)c1cccc(C#N)c1. The highest BCUT2D eigenvalue weighted by molar-refractivity contribution is 9.10. The molecule has 0 spiro atoms. The molecule has 1 N–H and O–H groups in total. The standard InChI is InChI=1S/C30H31BrN4O4/c1-35(2)14-12-30(36,21-8-6-7-19(15-21)18-32)26(23-11-13-33-29(39-5)27(23)37-3)24-17-20-16-22(31)9-10-25(20)34-28(24)38-4/h6-11,13,15-17,26,36H,12,14H2,1-5H3/t26-,30-/m1/s1. The van der Waals surface area contributed by atoms with E-state index in [1.165, 1.54) is 7.11 Å². The van der Waals surface area contributed by atoms with E-state index in [2.05, 4.69) is 27.0 Å². The molecule has 2 aromatic heterocycles. The predicted octanol–water partition coefficient (Wildman–Crippen LogP) is 5.26.